The van der Waals surface area contributed by atoms with Crippen LogP contribution in [0.4, 0.5) is 0 Å². The summed E-state index contributed by atoms with van der Waals surface area (Å²) in [4.78, 5) is 6.25. The van der Waals surface area contributed by atoms with E-state index in [1.807, 2.05) is 19.1 Å². The van der Waals surface area contributed by atoms with Crippen LogP contribution in [-0.2, 0) is 11.3 Å². The summed E-state index contributed by atoms with van der Waals surface area (Å²) in [7, 11) is 0. The van der Waals surface area contributed by atoms with E-state index in [0.717, 1.165) is 35.8 Å². The van der Waals surface area contributed by atoms with Crippen molar-refractivity contribution in [3.63, 3.8) is 0 Å². The summed E-state index contributed by atoms with van der Waals surface area (Å²) in [6.07, 6.45) is 1.96. The first-order chi connectivity index (χ1) is 10.8. The summed E-state index contributed by atoms with van der Waals surface area (Å²) in [5.41, 5.74) is 0. The van der Waals surface area contributed by atoms with E-state index >= 15 is 0 Å². The molecule has 0 radical (unpaired) electrons. The number of hydrogen-bond donors (Lipinski definition) is 1. The monoisotopic (exact) mass is 318 g/mol. The Bertz CT molecular complexity index is 655. The molecule has 116 valence electrons. The van der Waals surface area contributed by atoms with Crippen molar-refractivity contribution >= 4 is 11.3 Å². The summed E-state index contributed by atoms with van der Waals surface area (Å²) in [5.74, 6) is 1.71. The Morgan fingerprint density at radius 3 is 2.91 bits per heavy atom. The highest BCUT2D eigenvalue weighted by molar-refractivity contribution is 7.12. The maximum atomic E-state index is 8.91. The fourth-order valence-electron chi connectivity index (χ4n) is 2.69. The van der Waals surface area contributed by atoms with E-state index in [2.05, 4.69) is 21.5 Å². The van der Waals surface area contributed by atoms with E-state index in [4.69, 9.17) is 14.5 Å². The summed E-state index contributed by atoms with van der Waals surface area (Å²) >= 11 is 1.51. The number of aryl methyl sites for hydroxylation is 1. The Kier molecular flexibility index (Phi) is 4.83. The van der Waals surface area contributed by atoms with Gasteiger partial charge in [0.15, 0.2) is 5.82 Å². The smallest absolute Gasteiger partial charge is 0.244 e. The molecule has 2 aromatic heterocycles. The molecular weight excluding hydrogens is 300 g/mol. The molecule has 7 heteroatoms. The molecule has 0 aromatic carbocycles. The van der Waals surface area contributed by atoms with Crippen LogP contribution in [0.3, 0.4) is 0 Å². The maximum Gasteiger partial charge on any atom is 0.244 e. The minimum atomic E-state index is 0.0257. The van der Waals surface area contributed by atoms with Crippen molar-refractivity contribution in [1.82, 2.24) is 15.5 Å². The average molecular weight is 318 g/mol. The third kappa shape index (κ3) is 3.53. The molecule has 3 heterocycles. The van der Waals surface area contributed by atoms with Crippen molar-refractivity contribution in [2.45, 2.75) is 32.4 Å². The maximum absolute atomic E-state index is 8.91. The lowest BCUT2D eigenvalue weighted by Gasteiger charge is -2.28. The Morgan fingerprint density at radius 2 is 2.27 bits per heavy atom. The van der Waals surface area contributed by atoms with Crippen LogP contribution in [0.25, 0.3) is 0 Å². The Hall–Kier alpha value is -1.75. The molecule has 1 aliphatic rings. The van der Waals surface area contributed by atoms with Gasteiger partial charge in [-0.05, 0) is 37.8 Å². The van der Waals surface area contributed by atoms with E-state index in [-0.39, 0.29) is 6.04 Å². The number of thiophene rings is 1. The van der Waals surface area contributed by atoms with Crippen molar-refractivity contribution in [2.24, 2.45) is 5.92 Å². The van der Waals surface area contributed by atoms with Crippen LogP contribution in [0.1, 0.15) is 40.4 Å². The van der Waals surface area contributed by atoms with Crippen LogP contribution < -0.4 is 5.32 Å². The van der Waals surface area contributed by atoms with E-state index < -0.39 is 0 Å². The lowest BCUT2D eigenvalue weighted by atomic mass is 9.91. The van der Waals surface area contributed by atoms with Gasteiger partial charge >= 0.3 is 0 Å². The molecule has 0 aliphatic carbocycles. The molecule has 1 fully saturated rings. The summed E-state index contributed by atoms with van der Waals surface area (Å²) in [6.45, 7) is 4.06. The van der Waals surface area contributed by atoms with Gasteiger partial charge in [0.05, 0.1) is 6.04 Å². The van der Waals surface area contributed by atoms with Gasteiger partial charge in [0.1, 0.15) is 10.9 Å². The van der Waals surface area contributed by atoms with Crippen LogP contribution in [0.2, 0.25) is 0 Å². The van der Waals surface area contributed by atoms with E-state index in [9.17, 15) is 0 Å². The van der Waals surface area contributed by atoms with Crippen molar-refractivity contribution < 1.29 is 9.26 Å². The topological polar surface area (TPSA) is 84.0 Å². The zero-order valence-electron chi connectivity index (χ0n) is 12.4. The highest BCUT2D eigenvalue weighted by Crippen LogP contribution is 2.30. The van der Waals surface area contributed by atoms with Gasteiger partial charge in [-0.2, -0.15) is 10.2 Å². The number of aromatic nitrogens is 2. The second-order valence-corrected chi connectivity index (χ2v) is 6.53. The minimum Gasteiger partial charge on any atom is -0.381 e. The summed E-state index contributed by atoms with van der Waals surface area (Å²) in [6, 6.07) is 6.02. The summed E-state index contributed by atoms with van der Waals surface area (Å²) in [5, 5.41) is 16.3. The molecule has 2 aromatic rings. The number of nitrogens with one attached hydrogen (secondary N) is 1. The average Bonchev–Trinajstić information content (AvgIpc) is 3.18. The van der Waals surface area contributed by atoms with Gasteiger partial charge in [-0.15, -0.1) is 11.3 Å². The van der Waals surface area contributed by atoms with Gasteiger partial charge in [-0.1, -0.05) is 5.16 Å². The third-order valence-corrected chi connectivity index (χ3v) is 4.80. The first-order valence-corrected chi connectivity index (χ1v) is 8.18. The molecule has 1 aliphatic heterocycles. The molecule has 22 heavy (non-hydrogen) atoms. The van der Waals surface area contributed by atoms with E-state index in [0.29, 0.717) is 24.2 Å². The quantitative estimate of drug-likeness (QED) is 0.912. The highest BCUT2D eigenvalue weighted by atomic mass is 32.1. The lowest BCUT2D eigenvalue weighted by Crippen LogP contribution is -2.32. The van der Waals surface area contributed by atoms with Crippen LogP contribution in [0.15, 0.2) is 16.7 Å². The van der Waals surface area contributed by atoms with Gasteiger partial charge in [0.2, 0.25) is 5.89 Å². The Balaban J connectivity index is 1.71. The van der Waals surface area contributed by atoms with Crippen LogP contribution >= 0.6 is 11.3 Å². The van der Waals surface area contributed by atoms with E-state index in [1.54, 1.807) is 0 Å². The second kappa shape index (κ2) is 7.01. The summed E-state index contributed by atoms with van der Waals surface area (Å²) < 4.78 is 10.8. The predicted octanol–water partition coefficient (Wildman–Crippen LogP) is 2.57. The fourth-order valence-corrected chi connectivity index (χ4v) is 3.44. The van der Waals surface area contributed by atoms with Crippen LogP contribution in [0.5, 0.6) is 0 Å². The van der Waals surface area contributed by atoms with Crippen molar-refractivity contribution in [3.8, 4) is 6.07 Å². The molecule has 0 bridgehead atoms. The predicted molar refractivity (Wildman–Crippen MR) is 81.2 cm³/mol. The van der Waals surface area contributed by atoms with Crippen molar-refractivity contribution in [3.05, 3.63) is 33.6 Å². The molecule has 1 unspecified atom stereocenters. The molecule has 0 amide bonds. The molecule has 1 N–H and O–H groups in total. The first-order valence-electron chi connectivity index (χ1n) is 7.36. The third-order valence-electron chi connectivity index (χ3n) is 3.81. The van der Waals surface area contributed by atoms with Gasteiger partial charge in [0.25, 0.3) is 0 Å². The Morgan fingerprint density at radius 1 is 1.45 bits per heavy atom. The SMILES string of the molecule is Cc1noc(C(NCc2ccc(C#N)s2)C2CCOCC2)n1. The van der Waals surface area contributed by atoms with Gasteiger partial charge in [0, 0.05) is 24.6 Å². The lowest BCUT2D eigenvalue weighted by molar-refractivity contribution is 0.0486. The number of rotatable bonds is 5. The highest BCUT2D eigenvalue weighted by Gasteiger charge is 2.29. The number of nitrogens with zero attached hydrogens (tertiary/aromatic N) is 3. The molecular formula is C15H18N4O2S. The Labute approximate surface area is 133 Å². The zero-order valence-corrected chi connectivity index (χ0v) is 13.2. The number of nitriles is 1. The molecule has 6 nitrogen and oxygen atoms in total. The molecule has 0 spiro atoms. The van der Waals surface area contributed by atoms with Crippen molar-refractivity contribution in [1.29, 1.82) is 5.26 Å². The van der Waals surface area contributed by atoms with Crippen molar-refractivity contribution in [2.75, 3.05) is 13.2 Å². The minimum absolute atomic E-state index is 0.0257. The molecule has 0 saturated carbocycles. The first kappa shape index (κ1) is 15.2. The van der Waals surface area contributed by atoms with Crippen LogP contribution in [-0.4, -0.2) is 23.4 Å². The normalized spacial score (nSPS) is 17.3. The largest absolute Gasteiger partial charge is 0.381 e. The number of hydrogen-bond acceptors (Lipinski definition) is 7. The second-order valence-electron chi connectivity index (χ2n) is 5.37. The standard InChI is InChI=1S/C15H18N4O2S/c1-10-18-15(21-19-10)14(11-4-6-20-7-5-11)17-9-13-3-2-12(8-16)22-13/h2-3,11,14,17H,4-7,9H2,1H3. The zero-order chi connectivity index (χ0) is 15.4. The molecule has 3 rings (SSSR count). The molecule has 1 saturated heterocycles. The molecule has 1 atom stereocenters. The fraction of sp³-hybridized carbons (Fsp3) is 0.533. The van der Waals surface area contributed by atoms with Gasteiger partial charge in [-0.3, -0.25) is 0 Å². The van der Waals surface area contributed by atoms with Crippen LogP contribution in [0, 0.1) is 24.2 Å². The van der Waals surface area contributed by atoms with E-state index in [1.165, 1.54) is 11.3 Å². The van der Waals surface area contributed by atoms with Gasteiger partial charge in [-0.25, -0.2) is 0 Å². The number of ether oxygens (including phenoxy) is 1. The van der Waals surface area contributed by atoms with Gasteiger partial charge < -0.3 is 14.6 Å².